The zero-order valence-electron chi connectivity index (χ0n) is 14.1. The van der Waals surface area contributed by atoms with Crippen LogP contribution < -0.4 is 5.32 Å². The van der Waals surface area contributed by atoms with Gasteiger partial charge >= 0.3 is 0 Å². The number of nitrogens with zero attached hydrogens (tertiary/aromatic N) is 2. The van der Waals surface area contributed by atoms with Crippen molar-refractivity contribution in [2.45, 2.75) is 6.54 Å². The summed E-state index contributed by atoms with van der Waals surface area (Å²) in [6.07, 6.45) is 3.63. The second kappa shape index (κ2) is 7.11. The molecule has 0 aliphatic rings. The molecule has 4 rings (SSSR count). The largest absolute Gasteiger partial charge is 0.347 e. The number of hydrogen-bond donors (Lipinski definition) is 2. The van der Waals surface area contributed by atoms with Gasteiger partial charge in [-0.25, -0.2) is 0 Å². The standard InChI is InChI=1S/C21H18N4O/c26-21(22-14-16-8-3-1-4-9-16)19-12-7-13-25(19)20-18(15-23-24-20)17-10-5-2-6-11-17/h1-13,15H,14H2,(H,22,26)(H,23,24). The summed E-state index contributed by atoms with van der Waals surface area (Å²) in [6, 6.07) is 23.5. The van der Waals surface area contributed by atoms with Crippen LogP contribution in [0.2, 0.25) is 0 Å². The SMILES string of the molecule is O=C(NCc1ccccc1)c1cccn1-c1[nH]ncc1-c1ccccc1. The van der Waals surface area contributed by atoms with E-state index < -0.39 is 0 Å². The van der Waals surface area contributed by atoms with Crippen LogP contribution >= 0.6 is 0 Å². The summed E-state index contributed by atoms with van der Waals surface area (Å²) in [5.41, 5.74) is 3.60. The Kier molecular flexibility index (Phi) is 4.35. The first-order valence-corrected chi connectivity index (χ1v) is 8.41. The molecular weight excluding hydrogens is 324 g/mol. The minimum atomic E-state index is -0.132. The van der Waals surface area contributed by atoms with Gasteiger partial charge in [0.05, 0.1) is 6.20 Å². The van der Waals surface area contributed by atoms with E-state index in [4.69, 9.17) is 0 Å². The Morgan fingerprint density at radius 1 is 0.962 bits per heavy atom. The molecule has 0 spiro atoms. The first kappa shape index (κ1) is 15.9. The summed E-state index contributed by atoms with van der Waals surface area (Å²) < 4.78 is 1.83. The van der Waals surface area contributed by atoms with E-state index in [1.807, 2.05) is 77.5 Å². The highest BCUT2D eigenvalue weighted by Gasteiger charge is 2.16. The monoisotopic (exact) mass is 342 g/mol. The molecule has 5 heteroatoms. The zero-order chi connectivity index (χ0) is 17.8. The van der Waals surface area contributed by atoms with Crippen LogP contribution in [0.25, 0.3) is 16.9 Å². The van der Waals surface area contributed by atoms with Gasteiger partial charge in [0.2, 0.25) is 0 Å². The van der Waals surface area contributed by atoms with Gasteiger partial charge in [-0.2, -0.15) is 5.10 Å². The maximum absolute atomic E-state index is 12.7. The van der Waals surface area contributed by atoms with Gasteiger partial charge in [-0.05, 0) is 23.3 Å². The molecule has 0 aliphatic heterocycles. The summed E-state index contributed by atoms with van der Waals surface area (Å²) >= 11 is 0. The van der Waals surface area contributed by atoms with Crippen molar-refractivity contribution in [3.63, 3.8) is 0 Å². The van der Waals surface area contributed by atoms with Crippen molar-refractivity contribution < 1.29 is 4.79 Å². The van der Waals surface area contributed by atoms with Crippen molar-refractivity contribution >= 4 is 5.91 Å². The minimum Gasteiger partial charge on any atom is -0.347 e. The molecular formula is C21H18N4O. The van der Waals surface area contributed by atoms with Crippen LogP contribution in [0.15, 0.2) is 85.2 Å². The smallest absolute Gasteiger partial charge is 0.268 e. The number of carbonyl (C=O) groups is 1. The Labute approximate surface area is 151 Å². The summed E-state index contributed by atoms with van der Waals surface area (Å²) in [5.74, 6) is 0.638. The fourth-order valence-electron chi connectivity index (χ4n) is 2.92. The van der Waals surface area contributed by atoms with E-state index in [0.717, 1.165) is 22.5 Å². The van der Waals surface area contributed by atoms with Gasteiger partial charge in [0.25, 0.3) is 5.91 Å². The Bertz CT molecular complexity index is 1000. The number of amides is 1. The minimum absolute atomic E-state index is 0.132. The number of benzene rings is 2. The number of nitrogens with one attached hydrogen (secondary N) is 2. The summed E-state index contributed by atoms with van der Waals surface area (Å²) in [4.78, 5) is 12.7. The second-order valence-corrected chi connectivity index (χ2v) is 5.93. The quantitative estimate of drug-likeness (QED) is 0.579. The highest BCUT2D eigenvalue weighted by Crippen LogP contribution is 2.25. The lowest BCUT2D eigenvalue weighted by Gasteiger charge is -2.10. The third kappa shape index (κ3) is 3.15. The van der Waals surface area contributed by atoms with Gasteiger partial charge < -0.3 is 5.32 Å². The van der Waals surface area contributed by atoms with Crippen molar-refractivity contribution in [2.24, 2.45) is 0 Å². The molecule has 0 atom stereocenters. The molecule has 0 bridgehead atoms. The Balaban J connectivity index is 1.60. The van der Waals surface area contributed by atoms with Crippen LogP contribution in [-0.4, -0.2) is 20.7 Å². The van der Waals surface area contributed by atoms with Gasteiger partial charge in [0.1, 0.15) is 11.5 Å². The first-order valence-electron chi connectivity index (χ1n) is 8.41. The molecule has 2 heterocycles. The molecule has 26 heavy (non-hydrogen) atoms. The molecule has 2 aromatic carbocycles. The molecule has 0 unspecified atom stereocenters. The average Bonchev–Trinajstić information content (AvgIpc) is 3.36. The molecule has 2 N–H and O–H groups in total. The maximum Gasteiger partial charge on any atom is 0.268 e. The lowest BCUT2D eigenvalue weighted by molar-refractivity contribution is 0.0944. The predicted molar refractivity (Wildman–Crippen MR) is 101 cm³/mol. The number of rotatable bonds is 5. The number of carbonyl (C=O) groups excluding carboxylic acids is 1. The van der Waals surface area contributed by atoms with E-state index >= 15 is 0 Å². The van der Waals surface area contributed by atoms with Gasteiger partial charge in [-0.1, -0.05) is 60.7 Å². The maximum atomic E-state index is 12.7. The summed E-state index contributed by atoms with van der Waals surface area (Å²) in [7, 11) is 0. The van der Waals surface area contributed by atoms with Crippen LogP contribution in [0.4, 0.5) is 0 Å². The van der Waals surface area contributed by atoms with E-state index in [2.05, 4.69) is 15.5 Å². The van der Waals surface area contributed by atoms with Crippen LogP contribution in [0.3, 0.4) is 0 Å². The van der Waals surface area contributed by atoms with Crippen molar-refractivity contribution in [2.75, 3.05) is 0 Å². The fourth-order valence-corrected chi connectivity index (χ4v) is 2.92. The van der Waals surface area contributed by atoms with Crippen LogP contribution in [0.1, 0.15) is 16.1 Å². The van der Waals surface area contributed by atoms with E-state index in [1.165, 1.54) is 0 Å². The van der Waals surface area contributed by atoms with Gasteiger partial charge in [-0.3, -0.25) is 14.5 Å². The molecule has 0 aliphatic carbocycles. The Morgan fingerprint density at radius 3 is 2.46 bits per heavy atom. The summed E-state index contributed by atoms with van der Waals surface area (Å²) in [5, 5.41) is 10.1. The van der Waals surface area contributed by atoms with Crippen LogP contribution in [0.5, 0.6) is 0 Å². The highest BCUT2D eigenvalue weighted by atomic mass is 16.1. The lowest BCUT2D eigenvalue weighted by atomic mass is 10.1. The van der Waals surface area contributed by atoms with Crippen molar-refractivity contribution in [1.29, 1.82) is 0 Å². The Morgan fingerprint density at radius 2 is 1.69 bits per heavy atom. The van der Waals surface area contributed by atoms with Crippen LogP contribution in [-0.2, 0) is 6.54 Å². The lowest BCUT2D eigenvalue weighted by Crippen LogP contribution is -2.25. The molecule has 5 nitrogen and oxygen atoms in total. The van der Waals surface area contributed by atoms with E-state index in [-0.39, 0.29) is 5.91 Å². The third-order valence-corrected chi connectivity index (χ3v) is 4.22. The third-order valence-electron chi connectivity index (χ3n) is 4.22. The van der Waals surface area contributed by atoms with E-state index in [0.29, 0.717) is 12.2 Å². The summed E-state index contributed by atoms with van der Waals surface area (Å²) in [6.45, 7) is 0.485. The molecule has 4 aromatic rings. The normalized spacial score (nSPS) is 10.6. The highest BCUT2D eigenvalue weighted by molar-refractivity contribution is 5.93. The van der Waals surface area contributed by atoms with E-state index in [1.54, 1.807) is 12.3 Å². The number of aromatic nitrogens is 3. The second-order valence-electron chi connectivity index (χ2n) is 5.93. The molecule has 2 aromatic heterocycles. The molecule has 0 saturated carbocycles. The van der Waals surface area contributed by atoms with Crippen molar-refractivity contribution in [3.8, 4) is 16.9 Å². The van der Waals surface area contributed by atoms with Crippen LogP contribution in [0, 0.1) is 0 Å². The van der Waals surface area contributed by atoms with Crippen molar-refractivity contribution in [1.82, 2.24) is 20.1 Å². The Hall–Kier alpha value is -3.60. The topological polar surface area (TPSA) is 62.7 Å². The first-order chi connectivity index (χ1) is 12.8. The average molecular weight is 342 g/mol. The molecule has 128 valence electrons. The molecule has 1 amide bonds. The van der Waals surface area contributed by atoms with Gasteiger partial charge in [0.15, 0.2) is 0 Å². The molecule has 0 saturated heterocycles. The fraction of sp³-hybridized carbons (Fsp3) is 0.0476. The van der Waals surface area contributed by atoms with Crippen molar-refractivity contribution in [3.05, 3.63) is 96.4 Å². The zero-order valence-corrected chi connectivity index (χ0v) is 14.1. The molecule has 0 fully saturated rings. The number of hydrogen-bond acceptors (Lipinski definition) is 2. The van der Waals surface area contributed by atoms with Gasteiger partial charge in [0, 0.05) is 18.3 Å². The molecule has 0 radical (unpaired) electrons. The number of H-pyrrole nitrogens is 1. The van der Waals surface area contributed by atoms with E-state index in [9.17, 15) is 4.79 Å². The predicted octanol–water partition coefficient (Wildman–Crippen LogP) is 3.80. The van der Waals surface area contributed by atoms with Gasteiger partial charge in [-0.15, -0.1) is 0 Å². The number of aromatic amines is 1.